The summed E-state index contributed by atoms with van der Waals surface area (Å²) in [5.41, 5.74) is 9.81. The van der Waals surface area contributed by atoms with E-state index in [0.29, 0.717) is 0 Å². The van der Waals surface area contributed by atoms with Gasteiger partial charge >= 0.3 is 0 Å². The molecule has 0 saturated carbocycles. The summed E-state index contributed by atoms with van der Waals surface area (Å²) in [5, 5.41) is 8.23. The second-order valence-corrected chi connectivity index (χ2v) is 12.6. The van der Waals surface area contributed by atoms with Gasteiger partial charge < -0.3 is 4.57 Å². The zero-order valence-electron chi connectivity index (χ0n) is 26.6. The zero-order chi connectivity index (χ0) is 32.3. The molecule has 228 valence electrons. The number of para-hydroxylation sites is 1. The maximum absolute atomic E-state index is 5.25. The number of aromatic nitrogens is 3. The molecule has 3 heteroatoms. The molecule has 0 N–H and O–H groups in total. The average Bonchev–Trinajstić information content (AvgIpc) is 3.51. The van der Waals surface area contributed by atoms with Crippen molar-refractivity contribution in [2.24, 2.45) is 0 Å². The number of benzene rings is 8. The van der Waals surface area contributed by atoms with Crippen LogP contribution in [0.1, 0.15) is 0 Å². The van der Waals surface area contributed by atoms with Crippen molar-refractivity contribution in [2.45, 2.75) is 0 Å². The van der Waals surface area contributed by atoms with Crippen molar-refractivity contribution in [1.82, 2.24) is 14.5 Å². The normalized spacial score (nSPS) is 11.7. The van der Waals surface area contributed by atoms with Crippen molar-refractivity contribution in [1.29, 1.82) is 0 Å². The summed E-state index contributed by atoms with van der Waals surface area (Å²) in [6.45, 7) is 0. The van der Waals surface area contributed by atoms with Crippen LogP contribution in [0.5, 0.6) is 0 Å². The Hall–Kier alpha value is -6.58. The van der Waals surface area contributed by atoms with Crippen LogP contribution in [-0.2, 0) is 0 Å². The van der Waals surface area contributed by atoms with Gasteiger partial charge in [0.15, 0.2) is 5.82 Å². The Morgan fingerprint density at radius 2 is 0.959 bits per heavy atom. The molecule has 0 aliphatic heterocycles. The molecule has 0 spiro atoms. The summed E-state index contributed by atoms with van der Waals surface area (Å²) in [6.07, 6.45) is 0. The predicted octanol–water partition coefficient (Wildman–Crippen LogP) is 12.0. The first-order chi connectivity index (χ1) is 24.3. The third-order valence-electron chi connectivity index (χ3n) is 9.76. The largest absolute Gasteiger partial charge is 0.309 e. The molecule has 3 nitrogen and oxygen atoms in total. The van der Waals surface area contributed by atoms with E-state index in [4.69, 9.17) is 9.97 Å². The fourth-order valence-corrected chi connectivity index (χ4v) is 7.44. The smallest absolute Gasteiger partial charge is 0.160 e. The molecule has 2 heterocycles. The molecule has 8 aromatic carbocycles. The highest BCUT2D eigenvalue weighted by Crippen LogP contribution is 2.41. The topological polar surface area (TPSA) is 30.7 Å². The van der Waals surface area contributed by atoms with E-state index in [2.05, 4.69) is 162 Å². The van der Waals surface area contributed by atoms with E-state index in [1.165, 1.54) is 43.7 Å². The van der Waals surface area contributed by atoms with Crippen molar-refractivity contribution in [3.05, 3.63) is 176 Å². The Morgan fingerprint density at radius 3 is 1.78 bits per heavy atom. The minimum atomic E-state index is 0.725. The first-order valence-electron chi connectivity index (χ1n) is 16.7. The highest BCUT2D eigenvalue weighted by atomic mass is 15.0. The molecule has 49 heavy (non-hydrogen) atoms. The molecule has 0 bridgehead atoms. The van der Waals surface area contributed by atoms with Gasteiger partial charge in [0, 0.05) is 38.1 Å². The van der Waals surface area contributed by atoms with Gasteiger partial charge in [-0.1, -0.05) is 146 Å². The van der Waals surface area contributed by atoms with Gasteiger partial charge in [-0.2, -0.15) is 0 Å². The molecular formula is C46H29N3. The van der Waals surface area contributed by atoms with Gasteiger partial charge in [0.05, 0.1) is 27.9 Å². The van der Waals surface area contributed by atoms with Crippen LogP contribution in [0.15, 0.2) is 176 Å². The third-order valence-corrected chi connectivity index (χ3v) is 9.76. The molecular weight excluding hydrogens is 595 g/mol. The number of rotatable bonds is 4. The van der Waals surface area contributed by atoms with Gasteiger partial charge in [0.25, 0.3) is 0 Å². The van der Waals surface area contributed by atoms with Gasteiger partial charge in [0.2, 0.25) is 0 Å². The molecule has 0 saturated heterocycles. The molecule has 2 aromatic heterocycles. The third kappa shape index (κ3) is 4.44. The SMILES string of the molecule is c1ccc(-c2nc(-c3ccccc3)c3cc(-n4c5ccccc5c5cc(-c6ccc7ccccc7c6)ccc54)c4ccccc4c3n2)cc1. The molecule has 0 fully saturated rings. The first-order valence-corrected chi connectivity index (χ1v) is 16.7. The van der Waals surface area contributed by atoms with Gasteiger partial charge in [0.1, 0.15) is 0 Å². The number of nitrogens with zero attached hydrogens (tertiary/aromatic N) is 3. The van der Waals surface area contributed by atoms with Crippen molar-refractivity contribution in [3.8, 4) is 39.5 Å². The fraction of sp³-hybridized carbons (Fsp3) is 0. The maximum atomic E-state index is 5.25. The van der Waals surface area contributed by atoms with Crippen LogP contribution in [0.2, 0.25) is 0 Å². The van der Waals surface area contributed by atoms with Crippen molar-refractivity contribution < 1.29 is 0 Å². The minimum Gasteiger partial charge on any atom is -0.309 e. The molecule has 0 amide bonds. The van der Waals surface area contributed by atoms with E-state index in [-0.39, 0.29) is 0 Å². The van der Waals surface area contributed by atoms with Gasteiger partial charge in [-0.25, -0.2) is 9.97 Å². The number of hydrogen-bond acceptors (Lipinski definition) is 2. The lowest BCUT2D eigenvalue weighted by molar-refractivity contribution is 1.19. The summed E-state index contributed by atoms with van der Waals surface area (Å²) in [5.74, 6) is 0.725. The number of fused-ring (bicyclic) bond motifs is 7. The van der Waals surface area contributed by atoms with Crippen LogP contribution in [0, 0.1) is 0 Å². The standard InChI is InChI=1S/C46H29N3/c1-3-14-31(15-4-1)44-40-29-43(36-19-9-10-21-38(36)45(40)48-46(47-44)32-16-5-2-6-17-32)49-41-22-12-11-20-37(41)39-28-35(25-26-42(39)49)34-24-23-30-13-7-8-18-33(30)27-34/h1-29H. The molecule has 10 rings (SSSR count). The lowest BCUT2D eigenvalue weighted by Gasteiger charge is -2.17. The van der Waals surface area contributed by atoms with Gasteiger partial charge in [-0.15, -0.1) is 0 Å². The van der Waals surface area contributed by atoms with E-state index in [1.54, 1.807) is 0 Å². The van der Waals surface area contributed by atoms with Crippen LogP contribution in [0.4, 0.5) is 0 Å². The Morgan fingerprint density at radius 1 is 0.347 bits per heavy atom. The molecule has 0 aliphatic carbocycles. The summed E-state index contributed by atoms with van der Waals surface area (Å²) in [7, 11) is 0. The summed E-state index contributed by atoms with van der Waals surface area (Å²) in [6, 6.07) is 62.7. The Kier molecular flexibility index (Phi) is 6.18. The Bertz CT molecular complexity index is 2870. The minimum absolute atomic E-state index is 0.725. The van der Waals surface area contributed by atoms with E-state index >= 15 is 0 Å². The molecule has 10 aromatic rings. The highest BCUT2D eigenvalue weighted by Gasteiger charge is 2.20. The van der Waals surface area contributed by atoms with Crippen LogP contribution in [0.3, 0.4) is 0 Å². The second-order valence-electron chi connectivity index (χ2n) is 12.6. The number of hydrogen-bond donors (Lipinski definition) is 0. The summed E-state index contributed by atoms with van der Waals surface area (Å²) >= 11 is 0. The quantitative estimate of drug-likeness (QED) is 0.183. The average molecular weight is 624 g/mol. The van der Waals surface area contributed by atoms with Crippen LogP contribution >= 0.6 is 0 Å². The van der Waals surface area contributed by atoms with Crippen molar-refractivity contribution in [3.63, 3.8) is 0 Å². The zero-order valence-corrected chi connectivity index (χ0v) is 26.6. The van der Waals surface area contributed by atoms with E-state index < -0.39 is 0 Å². The van der Waals surface area contributed by atoms with E-state index in [1.807, 2.05) is 18.2 Å². The Balaban J connectivity index is 1.27. The fourth-order valence-electron chi connectivity index (χ4n) is 7.44. The first kappa shape index (κ1) is 27.5. The van der Waals surface area contributed by atoms with Crippen LogP contribution in [0.25, 0.3) is 93.7 Å². The predicted molar refractivity (Wildman–Crippen MR) is 205 cm³/mol. The molecule has 0 radical (unpaired) electrons. The Labute approximate surface area is 283 Å². The lowest BCUT2D eigenvalue weighted by atomic mass is 9.99. The van der Waals surface area contributed by atoms with E-state index in [9.17, 15) is 0 Å². The molecule has 0 aliphatic rings. The maximum Gasteiger partial charge on any atom is 0.160 e. The molecule has 0 unspecified atom stereocenters. The van der Waals surface area contributed by atoms with Crippen molar-refractivity contribution >= 4 is 54.3 Å². The summed E-state index contributed by atoms with van der Waals surface area (Å²) in [4.78, 5) is 10.5. The molecule has 0 atom stereocenters. The van der Waals surface area contributed by atoms with Crippen LogP contribution < -0.4 is 0 Å². The van der Waals surface area contributed by atoms with Crippen molar-refractivity contribution in [2.75, 3.05) is 0 Å². The highest BCUT2D eigenvalue weighted by molar-refractivity contribution is 6.16. The lowest BCUT2D eigenvalue weighted by Crippen LogP contribution is -2.00. The van der Waals surface area contributed by atoms with Crippen LogP contribution in [-0.4, -0.2) is 14.5 Å². The monoisotopic (exact) mass is 623 g/mol. The van der Waals surface area contributed by atoms with E-state index in [0.717, 1.165) is 50.0 Å². The van der Waals surface area contributed by atoms with Gasteiger partial charge in [-0.3, -0.25) is 0 Å². The summed E-state index contributed by atoms with van der Waals surface area (Å²) < 4.78 is 2.43. The van der Waals surface area contributed by atoms with Gasteiger partial charge in [-0.05, 0) is 52.2 Å². The second kappa shape index (κ2) is 11.0.